The molecule has 0 bridgehead atoms. The third kappa shape index (κ3) is 4.59. The molecule has 0 saturated heterocycles. The molecule has 0 aliphatic heterocycles. The number of anilines is 3. The third-order valence-electron chi connectivity index (χ3n) is 5.91. The van der Waals surface area contributed by atoms with Crippen LogP contribution < -0.4 is 15.8 Å². The maximum absolute atomic E-state index is 13.3. The van der Waals surface area contributed by atoms with E-state index >= 15 is 0 Å². The Kier molecular flexibility index (Phi) is 7.78. The van der Waals surface area contributed by atoms with E-state index in [1.54, 1.807) is 4.52 Å². The van der Waals surface area contributed by atoms with Crippen LogP contribution in [0.2, 0.25) is 0 Å². The molecule has 3 rings (SSSR count). The Bertz CT molecular complexity index is 1150. The minimum absolute atomic E-state index is 0.00714. The number of aromatic amines is 1. The lowest BCUT2D eigenvalue weighted by atomic mass is 10.1. The summed E-state index contributed by atoms with van der Waals surface area (Å²) in [7, 11) is 0. The summed E-state index contributed by atoms with van der Waals surface area (Å²) < 4.78 is 1.60. The van der Waals surface area contributed by atoms with Crippen LogP contribution in [0.5, 0.6) is 0 Å². The summed E-state index contributed by atoms with van der Waals surface area (Å²) in [5.41, 5.74) is 7.46. The quantitative estimate of drug-likeness (QED) is 0.419. The Labute approximate surface area is 191 Å². The summed E-state index contributed by atoms with van der Waals surface area (Å²) in [6, 6.07) is 6.47. The minimum Gasteiger partial charge on any atom is -0.372 e. The zero-order valence-electron chi connectivity index (χ0n) is 20.4. The highest BCUT2D eigenvalue weighted by molar-refractivity contribution is 5.83. The molecule has 6 heteroatoms. The number of nitrogens with one attached hydrogen (secondary N) is 2. The Morgan fingerprint density at radius 1 is 1.12 bits per heavy atom. The van der Waals surface area contributed by atoms with E-state index in [1.165, 1.54) is 5.69 Å². The Balaban J connectivity index is 2.15. The summed E-state index contributed by atoms with van der Waals surface area (Å²) >= 11 is 0. The largest absolute Gasteiger partial charge is 0.372 e. The second-order valence-electron chi connectivity index (χ2n) is 8.20. The van der Waals surface area contributed by atoms with Gasteiger partial charge in [-0.05, 0) is 70.4 Å². The normalized spacial score (nSPS) is 11.6. The van der Waals surface area contributed by atoms with Gasteiger partial charge in [0.05, 0.1) is 11.4 Å². The summed E-state index contributed by atoms with van der Waals surface area (Å²) in [5, 5.41) is 6.85. The van der Waals surface area contributed by atoms with Crippen molar-refractivity contribution in [2.45, 2.75) is 67.2 Å². The maximum atomic E-state index is 13.3. The number of rotatable bonds is 10. The van der Waals surface area contributed by atoms with Gasteiger partial charge in [-0.25, -0.2) is 4.98 Å². The molecular weight excluding hydrogens is 398 g/mol. The second kappa shape index (κ2) is 10.5. The number of allylic oxidation sites excluding steroid dienone is 1. The van der Waals surface area contributed by atoms with E-state index in [4.69, 9.17) is 4.98 Å². The van der Waals surface area contributed by atoms with Crippen molar-refractivity contribution in [1.82, 2.24) is 14.6 Å². The van der Waals surface area contributed by atoms with Crippen LogP contribution in [0.1, 0.15) is 70.0 Å². The van der Waals surface area contributed by atoms with Crippen LogP contribution in [0.3, 0.4) is 0 Å². The molecule has 0 atom stereocenters. The van der Waals surface area contributed by atoms with E-state index < -0.39 is 0 Å². The van der Waals surface area contributed by atoms with Gasteiger partial charge in [-0.1, -0.05) is 32.8 Å². The van der Waals surface area contributed by atoms with Gasteiger partial charge in [0.2, 0.25) is 0 Å². The van der Waals surface area contributed by atoms with Gasteiger partial charge in [-0.3, -0.25) is 9.89 Å². The van der Waals surface area contributed by atoms with Gasteiger partial charge in [0.25, 0.3) is 5.56 Å². The lowest BCUT2D eigenvalue weighted by Gasteiger charge is -2.22. The lowest BCUT2D eigenvalue weighted by Crippen LogP contribution is -2.23. The molecule has 0 aliphatic carbocycles. The fourth-order valence-corrected chi connectivity index (χ4v) is 4.23. The molecule has 2 N–H and O–H groups in total. The molecule has 3 aromatic rings. The number of H-pyrrole nitrogens is 1. The number of hydrogen-bond acceptors (Lipinski definition) is 4. The molecule has 1 aromatic carbocycles. The molecule has 0 radical (unpaired) electrons. The maximum Gasteiger partial charge on any atom is 0.276 e. The second-order valence-corrected chi connectivity index (χ2v) is 8.20. The standard InChI is InChI=1S/C26H37N5O/c1-7-12-20-22(13-8-2)28-25-24(23(14-9-3)29-31(25)26(20)32)27-21-16-15-19(17-18(21)6)30(10-4)11-5/h9,14-17,27,29H,7-8,10-13H2,1-6H3/b14-9+. The van der Waals surface area contributed by atoms with Gasteiger partial charge in [0.1, 0.15) is 5.69 Å². The van der Waals surface area contributed by atoms with Gasteiger partial charge < -0.3 is 10.2 Å². The Hall–Kier alpha value is -3.02. The average molecular weight is 436 g/mol. The number of fused-ring (bicyclic) bond motifs is 1. The number of hydrogen-bond donors (Lipinski definition) is 2. The van der Waals surface area contributed by atoms with Gasteiger partial charge in [-0.15, -0.1) is 0 Å². The van der Waals surface area contributed by atoms with E-state index in [-0.39, 0.29) is 5.56 Å². The molecule has 0 spiro atoms. The van der Waals surface area contributed by atoms with Crippen LogP contribution in [0.15, 0.2) is 29.1 Å². The van der Waals surface area contributed by atoms with Crippen molar-refractivity contribution in [2.24, 2.45) is 0 Å². The highest BCUT2D eigenvalue weighted by Gasteiger charge is 2.19. The van der Waals surface area contributed by atoms with Crippen molar-refractivity contribution < 1.29 is 0 Å². The van der Waals surface area contributed by atoms with Crippen LogP contribution in [0.4, 0.5) is 17.1 Å². The van der Waals surface area contributed by atoms with Crippen molar-refractivity contribution in [3.63, 3.8) is 0 Å². The minimum atomic E-state index is 0.00714. The summed E-state index contributed by atoms with van der Waals surface area (Å²) in [4.78, 5) is 20.6. The van der Waals surface area contributed by atoms with Crippen molar-refractivity contribution in [3.8, 4) is 0 Å². The van der Waals surface area contributed by atoms with Crippen LogP contribution >= 0.6 is 0 Å². The highest BCUT2D eigenvalue weighted by Crippen LogP contribution is 2.30. The molecule has 6 nitrogen and oxygen atoms in total. The summed E-state index contributed by atoms with van der Waals surface area (Å²) in [6.45, 7) is 14.6. The molecule has 0 saturated carbocycles. The number of benzene rings is 1. The van der Waals surface area contributed by atoms with E-state index in [2.05, 4.69) is 68.1 Å². The Morgan fingerprint density at radius 3 is 2.44 bits per heavy atom. The lowest BCUT2D eigenvalue weighted by molar-refractivity contribution is 0.778. The van der Waals surface area contributed by atoms with Gasteiger partial charge in [0, 0.05) is 30.0 Å². The van der Waals surface area contributed by atoms with Crippen molar-refractivity contribution >= 4 is 28.8 Å². The van der Waals surface area contributed by atoms with Crippen molar-refractivity contribution in [3.05, 3.63) is 57.1 Å². The van der Waals surface area contributed by atoms with Gasteiger partial charge in [-0.2, -0.15) is 4.52 Å². The van der Waals surface area contributed by atoms with E-state index in [0.29, 0.717) is 5.65 Å². The predicted molar refractivity (Wildman–Crippen MR) is 137 cm³/mol. The van der Waals surface area contributed by atoms with Crippen LogP contribution in [0.25, 0.3) is 11.7 Å². The molecule has 2 heterocycles. The van der Waals surface area contributed by atoms with E-state index in [1.807, 2.05) is 19.1 Å². The molecule has 0 fully saturated rings. The van der Waals surface area contributed by atoms with E-state index in [9.17, 15) is 4.79 Å². The van der Waals surface area contributed by atoms with Gasteiger partial charge in [0.15, 0.2) is 5.65 Å². The first-order valence-corrected chi connectivity index (χ1v) is 11.9. The highest BCUT2D eigenvalue weighted by atomic mass is 16.1. The molecular formula is C26H37N5O. The number of aryl methyl sites for hydroxylation is 2. The summed E-state index contributed by atoms with van der Waals surface area (Å²) in [6.07, 6.45) is 7.39. The molecule has 2 aromatic heterocycles. The zero-order valence-corrected chi connectivity index (χ0v) is 20.4. The van der Waals surface area contributed by atoms with Gasteiger partial charge >= 0.3 is 0 Å². The van der Waals surface area contributed by atoms with E-state index in [0.717, 1.165) is 72.7 Å². The average Bonchev–Trinajstić information content (AvgIpc) is 3.11. The fourth-order valence-electron chi connectivity index (χ4n) is 4.23. The zero-order chi connectivity index (χ0) is 23.3. The van der Waals surface area contributed by atoms with Crippen LogP contribution in [0, 0.1) is 6.92 Å². The monoisotopic (exact) mass is 435 g/mol. The Morgan fingerprint density at radius 2 is 1.84 bits per heavy atom. The molecule has 32 heavy (non-hydrogen) atoms. The third-order valence-corrected chi connectivity index (χ3v) is 5.91. The summed E-state index contributed by atoms with van der Waals surface area (Å²) in [5.74, 6) is 0. The predicted octanol–water partition coefficient (Wildman–Crippen LogP) is 5.86. The first kappa shape index (κ1) is 23.6. The number of aromatic nitrogens is 3. The topological polar surface area (TPSA) is 65.4 Å². The first-order chi connectivity index (χ1) is 15.5. The number of nitrogens with zero attached hydrogens (tertiary/aromatic N) is 3. The molecule has 0 aliphatic rings. The fraction of sp³-hybridized carbons (Fsp3) is 0.462. The SMILES string of the molecule is C/C=C/c1[nH]n2c(=O)c(CCC)c(CCC)nc2c1Nc1ccc(N(CC)CC)cc1C. The van der Waals surface area contributed by atoms with Crippen LogP contribution in [-0.2, 0) is 12.8 Å². The molecule has 0 unspecified atom stereocenters. The molecule has 172 valence electrons. The smallest absolute Gasteiger partial charge is 0.276 e. The first-order valence-electron chi connectivity index (χ1n) is 11.9. The van der Waals surface area contributed by atoms with Crippen LogP contribution in [-0.4, -0.2) is 27.7 Å². The molecule has 0 amide bonds. The van der Waals surface area contributed by atoms with Crippen molar-refractivity contribution in [2.75, 3.05) is 23.3 Å². The van der Waals surface area contributed by atoms with Crippen molar-refractivity contribution in [1.29, 1.82) is 0 Å².